The maximum atomic E-state index is 13.0. The van der Waals surface area contributed by atoms with Gasteiger partial charge in [0.25, 0.3) is 11.8 Å². The standard InChI is InChI=1S/C23H22Cl2N2O4S/c1-2-8-31-20-16(24)10-13(11-17(20)25)21(28)27-23-19(15-6-3-7-18(15)32-23)22(29)26-12-14-5-4-9-30-14/h4-5,9-11H,2-3,6-8,12H2,1H3,(H,26,29)(H,27,28). The number of benzene rings is 1. The Kier molecular flexibility index (Phi) is 7.08. The summed E-state index contributed by atoms with van der Waals surface area (Å²) in [6.45, 7) is 2.72. The van der Waals surface area contributed by atoms with Crippen LogP contribution < -0.4 is 15.4 Å². The molecule has 0 radical (unpaired) electrons. The van der Waals surface area contributed by atoms with Gasteiger partial charge < -0.3 is 19.8 Å². The molecule has 32 heavy (non-hydrogen) atoms. The first-order chi connectivity index (χ1) is 15.5. The average Bonchev–Trinajstić information content (AvgIpc) is 3.49. The van der Waals surface area contributed by atoms with E-state index in [2.05, 4.69) is 10.6 Å². The molecule has 0 aliphatic heterocycles. The number of fused-ring (bicyclic) bond motifs is 1. The van der Waals surface area contributed by atoms with Crippen molar-refractivity contribution >= 4 is 51.4 Å². The SMILES string of the molecule is CCCOc1c(Cl)cc(C(=O)Nc2sc3c(c2C(=O)NCc2ccco2)CCC3)cc1Cl. The highest BCUT2D eigenvalue weighted by molar-refractivity contribution is 7.17. The Morgan fingerprint density at radius 3 is 2.66 bits per heavy atom. The Labute approximate surface area is 199 Å². The van der Waals surface area contributed by atoms with E-state index in [1.807, 2.05) is 6.92 Å². The monoisotopic (exact) mass is 492 g/mol. The lowest BCUT2D eigenvalue weighted by molar-refractivity contribution is 0.0948. The lowest BCUT2D eigenvalue weighted by Gasteiger charge is -2.12. The molecule has 0 fully saturated rings. The van der Waals surface area contributed by atoms with E-state index in [0.29, 0.717) is 34.2 Å². The van der Waals surface area contributed by atoms with Gasteiger partial charge in [-0.25, -0.2) is 0 Å². The van der Waals surface area contributed by atoms with Gasteiger partial charge in [-0.1, -0.05) is 30.1 Å². The topological polar surface area (TPSA) is 80.6 Å². The Morgan fingerprint density at radius 2 is 1.97 bits per heavy atom. The van der Waals surface area contributed by atoms with Crippen LogP contribution in [-0.4, -0.2) is 18.4 Å². The van der Waals surface area contributed by atoms with Gasteiger partial charge in [-0.2, -0.15) is 0 Å². The first-order valence-corrected chi connectivity index (χ1v) is 11.9. The second kappa shape index (κ2) is 9.98. The van der Waals surface area contributed by atoms with Crippen LogP contribution in [0.25, 0.3) is 0 Å². The predicted octanol–water partition coefficient (Wildman–Crippen LogP) is 6.11. The van der Waals surface area contributed by atoms with Gasteiger partial charge in [0.05, 0.1) is 35.0 Å². The summed E-state index contributed by atoms with van der Waals surface area (Å²) in [5.41, 5.74) is 1.81. The van der Waals surface area contributed by atoms with Crippen molar-refractivity contribution in [3.8, 4) is 5.75 Å². The molecule has 168 valence electrons. The third-order valence-corrected chi connectivity index (χ3v) is 6.86. The van der Waals surface area contributed by atoms with Crippen LogP contribution >= 0.6 is 34.5 Å². The van der Waals surface area contributed by atoms with Crippen molar-refractivity contribution < 1.29 is 18.7 Å². The van der Waals surface area contributed by atoms with Gasteiger partial charge in [0.2, 0.25) is 0 Å². The number of furan rings is 1. The number of carbonyl (C=O) groups excluding carboxylic acids is 2. The molecule has 0 unspecified atom stereocenters. The molecular formula is C23H22Cl2N2O4S. The highest BCUT2D eigenvalue weighted by Crippen LogP contribution is 2.40. The van der Waals surface area contributed by atoms with E-state index in [4.69, 9.17) is 32.4 Å². The van der Waals surface area contributed by atoms with Gasteiger partial charge in [-0.3, -0.25) is 9.59 Å². The first kappa shape index (κ1) is 22.7. The summed E-state index contributed by atoms with van der Waals surface area (Å²) < 4.78 is 10.9. The highest BCUT2D eigenvalue weighted by Gasteiger charge is 2.28. The van der Waals surface area contributed by atoms with Crippen molar-refractivity contribution in [3.63, 3.8) is 0 Å². The number of hydrogen-bond donors (Lipinski definition) is 2. The molecule has 1 aliphatic rings. The van der Waals surface area contributed by atoms with Crippen LogP contribution in [0.4, 0.5) is 5.00 Å². The summed E-state index contributed by atoms with van der Waals surface area (Å²) in [5, 5.41) is 6.82. The normalized spacial score (nSPS) is 12.5. The molecule has 2 aromatic heterocycles. The molecule has 2 amide bonds. The number of aryl methyl sites for hydroxylation is 1. The number of carbonyl (C=O) groups is 2. The quantitative estimate of drug-likeness (QED) is 0.397. The van der Waals surface area contributed by atoms with Gasteiger partial charge in [0.15, 0.2) is 5.75 Å². The number of halogens is 2. The minimum atomic E-state index is -0.393. The van der Waals surface area contributed by atoms with Crippen LogP contribution in [0.15, 0.2) is 34.9 Å². The van der Waals surface area contributed by atoms with Crippen LogP contribution in [0.2, 0.25) is 10.0 Å². The number of hydrogen-bond acceptors (Lipinski definition) is 5. The molecule has 1 aromatic carbocycles. The van der Waals surface area contributed by atoms with E-state index < -0.39 is 5.91 Å². The summed E-state index contributed by atoms with van der Waals surface area (Å²) >= 11 is 14.0. The van der Waals surface area contributed by atoms with Crippen molar-refractivity contribution in [2.24, 2.45) is 0 Å². The van der Waals surface area contributed by atoms with Crippen molar-refractivity contribution in [2.75, 3.05) is 11.9 Å². The maximum Gasteiger partial charge on any atom is 0.256 e. The van der Waals surface area contributed by atoms with Crippen LogP contribution in [0.5, 0.6) is 5.75 Å². The molecule has 4 rings (SSSR count). The van der Waals surface area contributed by atoms with E-state index in [-0.39, 0.29) is 22.5 Å². The fraction of sp³-hybridized carbons (Fsp3) is 0.304. The lowest BCUT2D eigenvalue weighted by Crippen LogP contribution is -2.25. The Hall–Kier alpha value is -2.48. The molecule has 0 spiro atoms. The number of anilines is 1. The molecule has 1 aliphatic carbocycles. The Bertz CT molecular complexity index is 1120. The van der Waals surface area contributed by atoms with E-state index in [0.717, 1.165) is 36.1 Å². The number of thiophene rings is 1. The average molecular weight is 493 g/mol. The summed E-state index contributed by atoms with van der Waals surface area (Å²) in [4.78, 5) is 27.1. The minimum Gasteiger partial charge on any atom is -0.490 e. The largest absolute Gasteiger partial charge is 0.490 e. The summed E-state index contributed by atoms with van der Waals surface area (Å²) in [5.74, 6) is 0.386. The van der Waals surface area contributed by atoms with Crippen molar-refractivity contribution in [1.29, 1.82) is 0 Å². The fourth-order valence-corrected chi connectivity index (χ4v) is 5.49. The smallest absolute Gasteiger partial charge is 0.256 e. The lowest BCUT2D eigenvalue weighted by atomic mass is 10.1. The molecule has 6 nitrogen and oxygen atoms in total. The van der Waals surface area contributed by atoms with E-state index in [9.17, 15) is 9.59 Å². The van der Waals surface area contributed by atoms with Crippen LogP contribution in [0, 0.1) is 0 Å². The number of amides is 2. The molecule has 0 saturated heterocycles. The molecule has 0 saturated carbocycles. The number of ether oxygens (including phenoxy) is 1. The van der Waals surface area contributed by atoms with E-state index >= 15 is 0 Å². The maximum absolute atomic E-state index is 13.0. The van der Waals surface area contributed by atoms with Gasteiger partial charge in [-0.05, 0) is 55.5 Å². The third-order valence-electron chi connectivity index (χ3n) is 5.09. The van der Waals surface area contributed by atoms with Crippen LogP contribution in [0.3, 0.4) is 0 Å². The van der Waals surface area contributed by atoms with Gasteiger partial charge in [-0.15, -0.1) is 11.3 Å². The van der Waals surface area contributed by atoms with E-state index in [1.54, 1.807) is 18.4 Å². The zero-order valence-electron chi connectivity index (χ0n) is 17.4. The minimum absolute atomic E-state index is 0.240. The van der Waals surface area contributed by atoms with Gasteiger partial charge in [0, 0.05) is 10.4 Å². The molecule has 2 N–H and O–H groups in total. The van der Waals surface area contributed by atoms with Crippen LogP contribution in [0.1, 0.15) is 56.7 Å². The second-order valence-electron chi connectivity index (χ2n) is 7.40. The van der Waals surface area contributed by atoms with Crippen molar-refractivity contribution in [3.05, 3.63) is 67.9 Å². The van der Waals surface area contributed by atoms with Crippen molar-refractivity contribution in [2.45, 2.75) is 39.2 Å². The van der Waals surface area contributed by atoms with Crippen LogP contribution in [-0.2, 0) is 19.4 Å². The first-order valence-electron chi connectivity index (χ1n) is 10.4. The Morgan fingerprint density at radius 1 is 1.19 bits per heavy atom. The zero-order valence-corrected chi connectivity index (χ0v) is 19.8. The predicted molar refractivity (Wildman–Crippen MR) is 126 cm³/mol. The van der Waals surface area contributed by atoms with Gasteiger partial charge >= 0.3 is 0 Å². The fourth-order valence-electron chi connectivity index (χ4n) is 3.61. The van der Waals surface area contributed by atoms with Gasteiger partial charge in [0.1, 0.15) is 10.8 Å². The number of rotatable bonds is 8. The second-order valence-corrected chi connectivity index (χ2v) is 9.31. The zero-order chi connectivity index (χ0) is 22.7. The molecular weight excluding hydrogens is 471 g/mol. The summed E-state index contributed by atoms with van der Waals surface area (Å²) in [7, 11) is 0. The molecule has 2 heterocycles. The number of nitrogens with one attached hydrogen (secondary N) is 2. The molecule has 9 heteroatoms. The highest BCUT2D eigenvalue weighted by atomic mass is 35.5. The molecule has 0 bridgehead atoms. The van der Waals surface area contributed by atoms with E-state index in [1.165, 1.54) is 23.5 Å². The summed E-state index contributed by atoms with van der Waals surface area (Å²) in [6, 6.07) is 6.60. The molecule has 0 atom stereocenters. The Balaban J connectivity index is 1.55. The summed E-state index contributed by atoms with van der Waals surface area (Å²) in [6.07, 6.45) is 5.08. The van der Waals surface area contributed by atoms with Crippen molar-refractivity contribution in [1.82, 2.24) is 5.32 Å². The third kappa shape index (κ3) is 4.80. The molecule has 3 aromatic rings.